The van der Waals surface area contributed by atoms with E-state index in [4.69, 9.17) is 37.4 Å². The van der Waals surface area contributed by atoms with Crippen molar-refractivity contribution in [1.29, 1.82) is 0 Å². The van der Waals surface area contributed by atoms with Gasteiger partial charge in [-0.1, -0.05) is 29.3 Å². The summed E-state index contributed by atoms with van der Waals surface area (Å²) in [6.45, 7) is 3.44. The Morgan fingerprint density at radius 3 is 2.03 bits per heavy atom. The van der Waals surface area contributed by atoms with E-state index in [-0.39, 0.29) is 12.2 Å². The van der Waals surface area contributed by atoms with Crippen molar-refractivity contribution in [2.45, 2.75) is 30.8 Å². The topological polar surface area (TPSA) is 82.1 Å². The second kappa shape index (κ2) is 10.1. The van der Waals surface area contributed by atoms with Crippen molar-refractivity contribution in [3.05, 3.63) is 82.4 Å². The molecule has 0 unspecified atom stereocenters. The molecule has 1 aliphatic rings. The lowest BCUT2D eigenvalue weighted by Gasteiger charge is -2.21. The minimum atomic E-state index is -1.10. The Kier molecular flexibility index (Phi) is 7.50. The third kappa shape index (κ3) is 5.40. The highest BCUT2D eigenvalue weighted by atomic mass is 35.5. The molecule has 1 saturated heterocycles. The third-order valence-corrected chi connectivity index (χ3v) is 5.12. The number of benzene rings is 2. The Bertz CT molecular complexity index is 897. The highest BCUT2D eigenvalue weighted by Gasteiger charge is 2.46. The molecule has 158 valence electrons. The summed E-state index contributed by atoms with van der Waals surface area (Å²) in [5, 5.41) is 11.6. The summed E-state index contributed by atoms with van der Waals surface area (Å²) >= 11 is 11.7. The number of ether oxygens (including phenoxy) is 3. The van der Waals surface area contributed by atoms with Gasteiger partial charge in [-0.3, -0.25) is 0 Å². The fourth-order valence-electron chi connectivity index (χ4n) is 3.06. The quantitative estimate of drug-likeness (QED) is 0.505. The van der Waals surface area contributed by atoms with Crippen LogP contribution in [0.1, 0.15) is 27.1 Å². The molecule has 1 heterocycles. The summed E-state index contributed by atoms with van der Waals surface area (Å²) in [6, 6.07) is 12.4. The summed E-state index contributed by atoms with van der Waals surface area (Å²) in [5.41, 5.74) is 0.589. The van der Waals surface area contributed by atoms with E-state index in [9.17, 15) is 14.7 Å². The summed E-state index contributed by atoms with van der Waals surface area (Å²) in [4.78, 5) is 24.8. The molecule has 1 fully saturated rings. The predicted octanol–water partition coefficient (Wildman–Crippen LogP) is 4.08. The number of esters is 2. The Hall–Kier alpha value is -2.38. The number of aliphatic hydroxyl groups excluding tert-OH is 1. The van der Waals surface area contributed by atoms with E-state index in [1.807, 2.05) is 0 Å². The first-order valence-corrected chi connectivity index (χ1v) is 9.98. The van der Waals surface area contributed by atoms with Crippen LogP contribution in [0, 0.1) is 0 Å². The molecule has 2 aromatic carbocycles. The lowest BCUT2D eigenvalue weighted by Crippen LogP contribution is -2.39. The van der Waals surface area contributed by atoms with Crippen molar-refractivity contribution < 1.29 is 28.9 Å². The van der Waals surface area contributed by atoms with Crippen LogP contribution in [0.4, 0.5) is 0 Å². The van der Waals surface area contributed by atoms with Gasteiger partial charge in [-0.15, -0.1) is 6.58 Å². The van der Waals surface area contributed by atoms with E-state index in [1.165, 1.54) is 24.3 Å². The molecule has 3 rings (SSSR count). The monoisotopic (exact) mass is 450 g/mol. The van der Waals surface area contributed by atoms with Crippen LogP contribution in [0.25, 0.3) is 0 Å². The molecule has 2 aromatic rings. The van der Waals surface area contributed by atoms with E-state index < -0.39 is 36.4 Å². The van der Waals surface area contributed by atoms with Gasteiger partial charge in [0.2, 0.25) is 0 Å². The van der Waals surface area contributed by atoms with E-state index in [2.05, 4.69) is 6.58 Å². The normalized spacial score (nSPS) is 23.0. The number of rotatable bonds is 7. The number of halogens is 2. The lowest BCUT2D eigenvalue weighted by molar-refractivity contribution is -0.0430. The van der Waals surface area contributed by atoms with Crippen molar-refractivity contribution >= 4 is 35.1 Å². The Balaban J connectivity index is 1.68. The van der Waals surface area contributed by atoms with Crippen LogP contribution in [0.5, 0.6) is 0 Å². The zero-order chi connectivity index (χ0) is 21.7. The van der Waals surface area contributed by atoms with E-state index in [1.54, 1.807) is 30.3 Å². The summed E-state index contributed by atoms with van der Waals surface area (Å²) in [7, 11) is 0. The van der Waals surface area contributed by atoms with Crippen molar-refractivity contribution in [2.24, 2.45) is 0 Å². The van der Waals surface area contributed by atoms with Crippen molar-refractivity contribution in [2.75, 3.05) is 6.61 Å². The van der Waals surface area contributed by atoms with Gasteiger partial charge in [0, 0.05) is 10.0 Å². The average Bonchev–Trinajstić information content (AvgIpc) is 3.02. The number of carbonyl (C=O) groups excluding carboxylic acids is 2. The molecule has 30 heavy (non-hydrogen) atoms. The van der Waals surface area contributed by atoms with Crippen molar-refractivity contribution in [3.63, 3.8) is 0 Å². The molecule has 1 N–H and O–H groups in total. The highest BCUT2D eigenvalue weighted by molar-refractivity contribution is 6.30. The Labute approximate surface area is 184 Å². The first kappa shape index (κ1) is 22.3. The van der Waals surface area contributed by atoms with Crippen LogP contribution in [-0.2, 0) is 14.2 Å². The maximum Gasteiger partial charge on any atom is 0.338 e. The number of hydrogen-bond donors (Lipinski definition) is 1. The van der Waals surface area contributed by atoms with Crippen LogP contribution < -0.4 is 0 Å². The van der Waals surface area contributed by atoms with E-state index >= 15 is 0 Å². The van der Waals surface area contributed by atoms with Gasteiger partial charge in [-0.05, 0) is 55.0 Å². The molecule has 6 nitrogen and oxygen atoms in total. The fraction of sp³-hybridized carbons (Fsp3) is 0.273. The van der Waals surface area contributed by atoms with E-state index in [0.29, 0.717) is 22.0 Å². The van der Waals surface area contributed by atoms with Gasteiger partial charge in [-0.2, -0.15) is 0 Å². The summed E-state index contributed by atoms with van der Waals surface area (Å²) in [5.74, 6) is -1.23. The third-order valence-electron chi connectivity index (χ3n) is 4.61. The molecule has 1 aliphatic heterocycles. The minimum Gasteiger partial charge on any atom is -0.459 e. The van der Waals surface area contributed by atoms with E-state index in [0.717, 1.165) is 0 Å². The summed E-state index contributed by atoms with van der Waals surface area (Å²) < 4.78 is 16.6. The largest absolute Gasteiger partial charge is 0.459 e. The SMILES string of the molecule is C=CC[C@@H]1O[C@H](COC(=O)c2ccc(Cl)cc2)[C@H](OC(=O)c2ccc(Cl)cc2)[C@H]1O. The second-order valence-corrected chi connectivity index (χ2v) is 7.58. The van der Waals surface area contributed by atoms with Gasteiger partial charge in [0.15, 0.2) is 6.10 Å². The lowest BCUT2D eigenvalue weighted by atomic mass is 10.1. The maximum absolute atomic E-state index is 12.5. The second-order valence-electron chi connectivity index (χ2n) is 6.71. The zero-order valence-electron chi connectivity index (χ0n) is 15.9. The Morgan fingerprint density at radius 2 is 1.50 bits per heavy atom. The molecule has 8 heteroatoms. The van der Waals surface area contributed by atoms with Gasteiger partial charge in [-0.25, -0.2) is 9.59 Å². The highest BCUT2D eigenvalue weighted by Crippen LogP contribution is 2.28. The molecule has 0 aromatic heterocycles. The fourth-order valence-corrected chi connectivity index (χ4v) is 3.31. The summed E-state index contributed by atoms with van der Waals surface area (Å²) in [6.07, 6.45) is -1.65. The molecule has 0 amide bonds. The standard InChI is InChI=1S/C22H20Cl2O6/c1-2-3-17-19(25)20(30-22(27)14-6-10-16(24)11-7-14)18(29-17)12-28-21(26)13-4-8-15(23)9-5-13/h2,4-11,17-20,25H,1,3,12H2/t17-,18+,19-,20-/m0/s1. The molecule has 0 aliphatic carbocycles. The molecule has 0 radical (unpaired) electrons. The van der Waals surface area contributed by atoms with Crippen LogP contribution in [0.2, 0.25) is 10.0 Å². The van der Waals surface area contributed by atoms with Gasteiger partial charge in [0.05, 0.1) is 17.2 Å². The van der Waals surface area contributed by atoms with Gasteiger partial charge in [0.25, 0.3) is 0 Å². The number of carbonyl (C=O) groups is 2. The zero-order valence-corrected chi connectivity index (χ0v) is 17.4. The van der Waals surface area contributed by atoms with Crippen molar-refractivity contribution in [3.8, 4) is 0 Å². The average molecular weight is 451 g/mol. The van der Waals surface area contributed by atoms with Crippen LogP contribution in [-0.4, -0.2) is 48.1 Å². The van der Waals surface area contributed by atoms with Gasteiger partial charge in [0.1, 0.15) is 18.8 Å². The molecular formula is C22H20Cl2O6. The molecule has 0 saturated carbocycles. The molecule has 4 atom stereocenters. The predicted molar refractivity (Wildman–Crippen MR) is 112 cm³/mol. The Morgan fingerprint density at radius 1 is 0.967 bits per heavy atom. The number of hydrogen-bond acceptors (Lipinski definition) is 6. The van der Waals surface area contributed by atoms with Crippen LogP contribution >= 0.6 is 23.2 Å². The molecular weight excluding hydrogens is 431 g/mol. The molecule has 0 spiro atoms. The number of aliphatic hydroxyl groups is 1. The van der Waals surface area contributed by atoms with Gasteiger partial charge < -0.3 is 19.3 Å². The smallest absolute Gasteiger partial charge is 0.338 e. The van der Waals surface area contributed by atoms with Gasteiger partial charge >= 0.3 is 11.9 Å². The minimum absolute atomic E-state index is 0.204. The van der Waals surface area contributed by atoms with Crippen molar-refractivity contribution in [1.82, 2.24) is 0 Å². The first-order chi connectivity index (χ1) is 14.4. The molecule has 0 bridgehead atoms. The first-order valence-electron chi connectivity index (χ1n) is 9.22. The maximum atomic E-state index is 12.5. The van der Waals surface area contributed by atoms with Crippen LogP contribution in [0.15, 0.2) is 61.2 Å². The van der Waals surface area contributed by atoms with Crippen LogP contribution in [0.3, 0.4) is 0 Å².